The van der Waals surface area contributed by atoms with Gasteiger partial charge in [0.05, 0.1) is 11.1 Å². The van der Waals surface area contributed by atoms with Crippen molar-refractivity contribution in [1.82, 2.24) is 10.3 Å². The van der Waals surface area contributed by atoms with Gasteiger partial charge in [-0.05, 0) is 70.7 Å². The normalized spacial score (nSPS) is 13.1. The first-order valence-electron chi connectivity index (χ1n) is 10.2. The van der Waals surface area contributed by atoms with Crippen molar-refractivity contribution in [2.45, 2.75) is 19.4 Å². The van der Waals surface area contributed by atoms with Crippen LogP contribution in [0.25, 0.3) is 0 Å². The Labute approximate surface area is 189 Å². The second kappa shape index (κ2) is 9.75. The lowest BCUT2D eigenvalue weighted by Crippen LogP contribution is -2.27. The Balaban J connectivity index is 1.57. The minimum atomic E-state index is -0.233. The molecule has 1 saturated heterocycles. The largest absolute Gasteiger partial charge is 0.371 e. The van der Waals surface area contributed by atoms with E-state index in [1.807, 2.05) is 42.5 Å². The van der Waals surface area contributed by atoms with Gasteiger partial charge in [-0.3, -0.25) is 14.6 Å². The number of benzene rings is 2. The van der Waals surface area contributed by atoms with Crippen LogP contribution in [-0.4, -0.2) is 29.9 Å². The van der Waals surface area contributed by atoms with E-state index in [9.17, 15) is 9.59 Å². The monoisotopic (exact) mass is 478 g/mol. The number of hydrogen-bond acceptors (Lipinski definition) is 4. The highest BCUT2D eigenvalue weighted by molar-refractivity contribution is 9.10. The number of hydrogen-bond donors (Lipinski definition) is 2. The molecular weight excluding hydrogens is 456 g/mol. The van der Waals surface area contributed by atoms with Crippen molar-refractivity contribution in [3.8, 4) is 0 Å². The molecule has 2 amide bonds. The molecule has 0 spiro atoms. The summed E-state index contributed by atoms with van der Waals surface area (Å²) in [7, 11) is 0. The van der Waals surface area contributed by atoms with E-state index in [1.54, 1.807) is 24.5 Å². The quantitative estimate of drug-likeness (QED) is 0.541. The molecule has 1 aliphatic heterocycles. The first-order valence-corrected chi connectivity index (χ1v) is 11.0. The summed E-state index contributed by atoms with van der Waals surface area (Å²) in [6.45, 7) is 2.23. The number of nitrogens with one attached hydrogen (secondary N) is 2. The summed E-state index contributed by atoms with van der Waals surface area (Å²) in [6, 6.07) is 16.5. The van der Waals surface area contributed by atoms with Gasteiger partial charge in [-0.15, -0.1) is 0 Å². The van der Waals surface area contributed by atoms with Gasteiger partial charge in [-0.25, -0.2) is 0 Å². The summed E-state index contributed by atoms with van der Waals surface area (Å²) in [4.78, 5) is 32.1. The minimum Gasteiger partial charge on any atom is -0.371 e. The van der Waals surface area contributed by atoms with Crippen LogP contribution in [-0.2, 0) is 6.54 Å². The van der Waals surface area contributed by atoms with Crippen LogP contribution in [0.15, 0.2) is 71.5 Å². The van der Waals surface area contributed by atoms with Crippen LogP contribution in [0.2, 0.25) is 0 Å². The number of halogens is 1. The van der Waals surface area contributed by atoms with E-state index in [1.165, 1.54) is 0 Å². The molecule has 0 atom stereocenters. The van der Waals surface area contributed by atoms with Crippen molar-refractivity contribution >= 4 is 39.1 Å². The average molecular weight is 479 g/mol. The smallest absolute Gasteiger partial charge is 0.256 e. The van der Waals surface area contributed by atoms with Gasteiger partial charge < -0.3 is 15.5 Å². The van der Waals surface area contributed by atoms with Gasteiger partial charge in [-0.1, -0.05) is 18.2 Å². The molecule has 0 unspecified atom stereocenters. The summed E-state index contributed by atoms with van der Waals surface area (Å²) in [5.41, 5.74) is 3.48. The maximum absolute atomic E-state index is 13.1. The van der Waals surface area contributed by atoms with Crippen LogP contribution < -0.4 is 15.5 Å². The van der Waals surface area contributed by atoms with Crippen molar-refractivity contribution in [3.63, 3.8) is 0 Å². The van der Waals surface area contributed by atoms with Crippen LogP contribution >= 0.6 is 15.9 Å². The standard InChI is InChI=1S/C24H23BrN4O2/c25-21-8-2-1-7-19(21)24(31)28-18-9-10-22(29-12-3-4-13-29)20(14-18)23(30)27-16-17-6-5-11-26-15-17/h1-2,5-11,14-15H,3-4,12-13,16H2,(H,27,30)(H,28,31). The average Bonchev–Trinajstić information content (AvgIpc) is 3.33. The number of pyridine rings is 1. The number of amides is 2. The Morgan fingerprint density at radius 1 is 0.968 bits per heavy atom. The maximum atomic E-state index is 13.1. The van der Waals surface area contributed by atoms with Crippen molar-refractivity contribution in [2.75, 3.05) is 23.3 Å². The van der Waals surface area contributed by atoms with E-state index in [0.29, 0.717) is 23.4 Å². The highest BCUT2D eigenvalue weighted by Gasteiger charge is 2.21. The fourth-order valence-corrected chi connectivity index (χ4v) is 4.12. The molecule has 1 fully saturated rings. The van der Waals surface area contributed by atoms with E-state index in [4.69, 9.17) is 0 Å². The number of carbonyl (C=O) groups is 2. The first-order chi connectivity index (χ1) is 15.1. The molecule has 2 N–H and O–H groups in total. The predicted octanol–water partition coefficient (Wildman–Crippen LogP) is 4.63. The number of aromatic nitrogens is 1. The van der Waals surface area contributed by atoms with Gasteiger partial charge in [0.1, 0.15) is 0 Å². The van der Waals surface area contributed by atoms with Crippen LogP contribution in [0.4, 0.5) is 11.4 Å². The molecule has 2 heterocycles. The van der Waals surface area contributed by atoms with Crippen LogP contribution in [0.5, 0.6) is 0 Å². The molecule has 1 aliphatic rings. The van der Waals surface area contributed by atoms with Crippen LogP contribution in [0.3, 0.4) is 0 Å². The lowest BCUT2D eigenvalue weighted by Gasteiger charge is -2.22. The molecule has 2 aromatic carbocycles. The molecule has 3 aromatic rings. The fourth-order valence-electron chi connectivity index (χ4n) is 3.65. The van der Waals surface area contributed by atoms with Gasteiger partial charge in [0.25, 0.3) is 11.8 Å². The van der Waals surface area contributed by atoms with E-state index < -0.39 is 0 Å². The number of rotatable bonds is 6. The third kappa shape index (κ3) is 5.11. The van der Waals surface area contributed by atoms with Crippen molar-refractivity contribution in [1.29, 1.82) is 0 Å². The molecule has 31 heavy (non-hydrogen) atoms. The lowest BCUT2D eigenvalue weighted by atomic mass is 10.1. The third-order valence-electron chi connectivity index (χ3n) is 5.24. The molecule has 6 nitrogen and oxygen atoms in total. The van der Waals surface area contributed by atoms with E-state index in [2.05, 4.69) is 36.4 Å². The Kier molecular flexibility index (Phi) is 6.62. The second-order valence-electron chi connectivity index (χ2n) is 7.40. The van der Waals surface area contributed by atoms with E-state index >= 15 is 0 Å². The van der Waals surface area contributed by atoms with E-state index in [-0.39, 0.29) is 11.8 Å². The molecule has 0 saturated carbocycles. The number of carbonyl (C=O) groups excluding carboxylic acids is 2. The van der Waals surface area contributed by atoms with Gasteiger partial charge in [0, 0.05) is 47.9 Å². The zero-order chi connectivity index (χ0) is 21.6. The topological polar surface area (TPSA) is 74.3 Å². The molecular formula is C24H23BrN4O2. The molecule has 0 radical (unpaired) electrons. The van der Waals surface area contributed by atoms with Crippen LogP contribution in [0, 0.1) is 0 Å². The van der Waals surface area contributed by atoms with E-state index in [0.717, 1.165) is 41.7 Å². The SMILES string of the molecule is O=C(Nc1ccc(N2CCCC2)c(C(=O)NCc2cccnc2)c1)c1ccccc1Br. The Morgan fingerprint density at radius 2 is 1.77 bits per heavy atom. The second-order valence-corrected chi connectivity index (χ2v) is 8.26. The lowest BCUT2D eigenvalue weighted by molar-refractivity contribution is 0.0950. The Bertz CT molecular complexity index is 1080. The summed E-state index contributed by atoms with van der Waals surface area (Å²) >= 11 is 3.41. The molecule has 0 bridgehead atoms. The highest BCUT2D eigenvalue weighted by atomic mass is 79.9. The molecule has 1 aromatic heterocycles. The first kappa shape index (κ1) is 21.1. The maximum Gasteiger partial charge on any atom is 0.256 e. The number of nitrogens with zero attached hydrogens (tertiary/aromatic N) is 2. The van der Waals surface area contributed by atoms with Gasteiger partial charge in [0.15, 0.2) is 0 Å². The van der Waals surface area contributed by atoms with Crippen molar-refractivity contribution in [3.05, 3.63) is 88.2 Å². The fraction of sp³-hybridized carbons (Fsp3) is 0.208. The Hall–Kier alpha value is -3.19. The van der Waals surface area contributed by atoms with Gasteiger partial charge >= 0.3 is 0 Å². The molecule has 7 heteroatoms. The third-order valence-corrected chi connectivity index (χ3v) is 5.93. The summed E-state index contributed by atoms with van der Waals surface area (Å²) in [5, 5.41) is 5.88. The zero-order valence-electron chi connectivity index (χ0n) is 17.0. The number of anilines is 2. The van der Waals surface area contributed by atoms with Crippen molar-refractivity contribution in [2.24, 2.45) is 0 Å². The molecule has 4 rings (SSSR count). The van der Waals surface area contributed by atoms with Gasteiger partial charge in [0.2, 0.25) is 0 Å². The zero-order valence-corrected chi connectivity index (χ0v) is 18.6. The minimum absolute atomic E-state index is 0.178. The van der Waals surface area contributed by atoms with Crippen LogP contribution in [0.1, 0.15) is 39.1 Å². The summed E-state index contributed by atoms with van der Waals surface area (Å²) in [6.07, 6.45) is 5.65. The van der Waals surface area contributed by atoms with Crippen molar-refractivity contribution < 1.29 is 9.59 Å². The summed E-state index contributed by atoms with van der Waals surface area (Å²) < 4.78 is 0.718. The molecule has 158 valence electrons. The predicted molar refractivity (Wildman–Crippen MR) is 125 cm³/mol. The Morgan fingerprint density at radius 3 is 2.52 bits per heavy atom. The van der Waals surface area contributed by atoms with Gasteiger partial charge in [-0.2, -0.15) is 0 Å². The molecule has 0 aliphatic carbocycles. The highest BCUT2D eigenvalue weighted by Crippen LogP contribution is 2.28. The summed E-state index contributed by atoms with van der Waals surface area (Å²) in [5.74, 6) is -0.411.